The zero-order valence-electron chi connectivity index (χ0n) is 12.8. The third-order valence-corrected chi connectivity index (χ3v) is 3.81. The number of hydrogen-bond donors (Lipinski definition) is 1. The van der Waals surface area contributed by atoms with Crippen molar-refractivity contribution in [3.63, 3.8) is 0 Å². The van der Waals surface area contributed by atoms with E-state index in [9.17, 15) is 4.79 Å². The second-order valence-corrected chi connectivity index (χ2v) is 5.64. The highest BCUT2D eigenvalue weighted by atomic mass is 35.5. The molecule has 7 nitrogen and oxygen atoms in total. The van der Waals surface area contributed by atoms with Crippen LogP contribution in [-0.2, 0) is 0 Å². The molecule has 0 unspecified atom stereocenters. The maximum atomic E-state index is 12.2. The SMILES string of the molecule is O=C(Nc1ccc(-c2ccc3nncn3n2)cc1)c1ccc(Cl)nc1. The zero-order chi connectivity index (χ0) is 17.2. The maximum Gasteiger partial charge on any atom is 0.257 e. The number of anilines is 1. The summed E-state index contributed by atoms with van der Waals surface area (Å²) < 4.78 is 1.61. The van der Waals surface area contributed by atoms with Crippen LogP contribution in [0.4, 0.5) is 5.69 Å². The number of pyridine rings is 1. The molecule has 1 aromatic carbocycles. The Hall–Kier alpha value is -3.32. The van der Waals surface area contributed by atoms with Crippen LogP contribution in [0, 0.1) is 0 Å². The minimum Gasteiger partial charge on any atom is -0.322 e. The van der Waals surface area contributed by atoms with Crippen molar-refractivity contribution in [1.82, 2.24) is 24.8 Å². The molecule has 25 heavy (non-hydrogen) atoms. The van der Waals surface area contributed by atoms with Crippen molar-refractivity contribution in [2.24, 2.45) is 0 Å². The number of nitrogens with zero attached hydrogens (tertiary/aromatic N) is 5. The number of fused-ring (bicyclic) bond motifs is 1. The fourth-order valence-electron chi connectivity index (χ4n) is 2.32. The largest absolute Gasteiger partial charge is 0.322 e. The van der Waals surface area contributed by atoms with Crippen LogP contribution in [0.5, 0.6) is 0 Å². The topological polar surface area (TPSA) is 85.1 Å². The van der Waals surface area contributed by atoms with E-state index in [0.29, 0.717) is 22.1 Å². The van der Waals surface area contributed by atoms with Crippen LogP contribution in [0.1, 0.15) is 10.4 Å². The summed E-state index contributed by atoms with van der Waals surface area (Å²) >= 11 is 5.72. The monoisotopic (exact) mass is 350 g/mol. The summed E-state index contributed by atoms with van der Waals surface area (Å²) in [5.41, 5.74) is 3.50. The smallest absolute Gasteiger partial charge is 0.257 e. The van der Waals surface area contributed by atoms with Crippen molar-refractivity contribution in [2.75, 3.05) is 5.32 Å². The molecular weight excluding hydrogens is 340 g/mol. The molecule has 1 N–H and O–H groups in total. The minimum absolute atomic E-state index is 0.249. The second kappa shape index (κ2) is 6.29. The summed E-state index contributed by atoms with van der Waals surface area (Å²) in [6.07, 6.45) is 2.98. The van der Waals surface area contributed by atoms with Gasteiger partial charge in [0.1, 0.15) is 11.5 Å². The van der Waals surface area contributed by atoms with Gasteiger partial charge in [-0.2, -0.15) is 9.61 Å². The van der Waals surface area contributed by atoms with E-state index in [2.05, 4.69) is 25.6 Å². The summed E-state index contributed by atoms with van der Waals surface area (Å²) in [4.78, 5) is 16.1. The molecule has 0 spiro atoms. The minimum atomic E-state index is -0.249. The van der Waals surface area contributed by atoms with Gasteiger partial charge in [0.2, 0.25) is 0 Å². The van der Waals surface area contributed by atoms with E-state index in [1.54, 1.807) is 23.0 Å². The number of amides is 1. The average Bonchev–Trinajstić information content (AvgIpc) is 3.10. The molecule has 3 aromatic heterocycles. The van der Waals surface area contributed by atoms with Gasteiger partial charge in [0, 0.05) is 17.4 Å². The van der Waals surface area contributed by atoms with Crippen molar-refractivity contribution >= 4 is 28.8 Å². The van der Waals surface area contributed by atoms with E-state index in [4.69, 9.17) is 11.6 Å². The van der Waals surface area contributed by atoms with Gasteiger partial charge in [0.05, 0.1) is 11.3 Å². The fourth-order valence-corrected chi connectivity index (χ4v) is 2.43. The van der Waals surface area contributed by atoms with Crippen molar-refractivity contribution in [3.8, 4) is 11.3 Å². The molecule has 1 amide bonds. The number of benzene rings is 1. The lowest BCUT2D eigenvalue weighted by atomic mass is 10.1. The third kappa shape index (κ3) is 3.17. The third-order valence-electron chi connectivity index (χ3n) is 3.59. The van der Waals surface area contributed by atoms with Gasteiger partial charge in [0.15, 0.2) is 5.65 Å². The highest BCUT2D eigenvalue weighted by Crippen LogP contribution is 2.20. The van der Waals surface area contributed by atoms with Gasteiger partial charge in [-0.3, -0.25) is 4.79 Å². The lowest BCUT2D eigenvalue weighted by Gasteiger charge is -2.06. The van der Waals surface area contributed by atoms with Crippen LogP contribution in [0.3, 0.4) is 0 Å². The van der Waals surface area contributed by atoms with Gasteiger partial charge in [-0.25, -0.2) is 4.98 Å². The Morgan fingerprint density at radius 3 is 2.64 bits per heavy atom. The van der Waals surface area contributed by atoms with Gasteiger partial charge in [0.25, 0.3) is 5.91 Å². The standard InChI is InChI=1S/C17H11ClN6O/c18-15-7-3-12(9-19-15)17(25)21-13-4-1-11(2-5-13)14-6-8-16-22-20-10-24(16)23-14/h1-10H,(H,21,25). The number of halogens is 1. The Morgan fingerprint density at radius 2 is 1.88 bits per heavy atom. The number of hydrogen-bond acceptors (Lipinski definition) is 5. The van der Waals surface area contributed by atoms with Crippen LogP contribution < -0.4 is 5.32 Å². The highest BCUT2D eigenvalue weighted by Gasteiger charge is 2.07. The Labute approximate surface area is 147 Å². The molecule has 0 saturated heterocycles. The molecule has 0 atom stereocenters. The van der Waals surface area contributed by atoms with E-state index in [0.717, 1.165) is 11.3 Å². The number of rotatable bonds is 3. The van der Waals surface area contributed by atoms with E-state index in [1.165, 1.54) is 6.20 Å². The summed E-state index contributed by atoms with van der Waals surface area (Å²) in [7, 11) is 0. The molecular formula is C17H11ClN6O. The Bertz CT molecular complexity index is 1040. The van der Waals surface area contributed by atoms with Gasteiger partial charge < -0.3 is 5.32 Å². The second-order valence-electron chi connectivity index (χ2n) is 5.25. The van der Waals surface area contributed by atoms with Gasteiger partial charge in [-0.05, 0) is 36.4 Å². The zero-order valence-corrected chi connectivity index (χ0v) is 13.6. The molecule has 4 rings (SSSR count). The first-order chi connectivity index (χ1) is 12.2. The Balaban J connectivity index is 1.53. The predicted octanol–water partition coefficient (Wildman–Crippen LogP) is 3.09. The average molecular weight is 351 g/mol. The first-order valence-electron chi connectivity index (χ1n) is 7.39. The van der Waals surface area contributed by atoms with E-state index in [-0.39, 0.29) is 5.91 Å². The number of nitrogens with one attached hydrogen (secondary N) is 1. The molecule has 0 aliphatic heterocycles. The Kier molecular flexibility index (Phi) is 3.83. The fraction of sp³-hybridized carbons (Fsp3) is 0. The molecule has 0 bridgehead atoms. The Morgan fingerprint density at radius 1 is 1.04 bits per heavy atom. The van der Waals surface area contributed by atoms with E-state index >= 15 is 0 Å². The van der Waals surface area contributed by atoms with E-state index < -0.39 is 0 Å². The lowest BCUT2D eigenvalue weighted by molar-refractivity contribution is 0.102. The summed E-state index contributed by atoms with van der Waals surface area (Å²) in [6.45, 7) is 0. The normalized spacial score (nSPS) is 10.8. The van der Waals surface area contributed by atoms with Crippen molar-refractivity contribution < 1.29 is 4.79 Å². The molecule has 0 aliphatic carbocycles. The van der Waals surface area contributed by atoms with Crippen LogP contribution in [0.15, 0.2) is 61.1 Å². The molecule has 0 fully saturated rings. The molecule has 0 aliphatic rings. The molecule has 3 heterocycles. The van der Waals surface area contributed by atoms with Crippen molar-refractivity contribution in [3.05, 3.63) is 71.8 Å². The van der Waals surface area contributed by atoms with Crippen LogP contribution in [-0.4, -0.2) is 30.7 Å². The first-order valence-corrected chi connectivity index (χ1v) is 7.77. The molecule has 0 saturated carbocycles. The van der Waals surface area contributed by atoms with Crippen molar-refractivity contribution in [2.45, 2.75) is 0 Å². The maximum absolute atomic E-state index is 12.2. The van der Waals surface area contributed by atoms with E-state index in [1.807, 2.05) is 36.4 Å². The highest BCUT2D eigenvalue weighted by molar-refractivity contribution is 6.29. The summed E-state index contributed by atoms with van der Waals surface area (Å²) in [6, 6.07) is 14.3. The van der Waals surface area contributed by atoms with Gasteiger partial charge in [-0.15, -0.1) is 10.2 Å². The van der Waals surface area contributed by atoms with Gasteiger partial charge in [-0.1, -0.05) is 23.7 Å². The molecule has 122 valence electrons. The quantitative estimate of drug-likeness (QED) is 0.574. The molecule has 8 heteroatoms. The van der Waals surface area contributed by atoms with Crippen LogP contribution in [0.25, 0.3) is 16.9 Å². The predicted molar refractivity (Wildman–Crippen MR) is 93.4 cm³/mol. The summed E-state index contributed by atoms with van der Waals surface area (Å²) in [5, 5.41) is 15.3. The molecule has 4 aromatic rings. The van der Waals surface area contributed by atoms with Crippen LogP contribution >= 0.6 is 11.6 Å². The number of aromatic nitrogens is 5. The summed E-state index contributed by atoms with van der Waals surface area (Å²) in [5.74, 6) is -0.249. The number of carbonyl (C=O) groups is 1. The lowest BCUT2D eigenvalue weighted by Crippen LogP contribution is -2.11. The van der Waals surface area contributed by atoms with Crippen molar-refractivity contribution in [1.29, 1.82) is 0 Å². The number of carbonyl (C=O) groups excluding carboxylic acids is 1. The first kappa shape index (κ1) is 15.2. The molecule has 0 radical (unpaired) electrons. The van der Waals surface area contributed by atoms with Gasteiger partial charge >= 0.3 is 0 Å². The van der Waals surface area contributed by atoms with Crippen LogP contribution in [0.2, 0.25) is 5.15 Å².